The van der Waals surface area contributed by atoms with Crippen LogP contribution in [0.4, 0.5) is 0 Å². The Kier molecular flexibility index (Phi) is 5.35. The van der Waals surface area contributed by atoms with Crippen LogP contribution in [0.2, 0.25) is 0 Å². The third-order valence-corrected chi connectivity index (χ3v) is 4.72. The SMILES string of the molecule is CCNC(CSC(C)(C)C)c1ccc(C)s1. The molecule has 3 heteroatoms. The van der Waals surface area contributed by atoms with Gasteiger partial charge in [-0.05, 0) is 25.6 Å². The molecule has 1 N–H and O–H groups in total. The maximum atomic E-state index is 3.57. The third-order valence-electron chi connectivity index (χ3n) is 2.24. The number of hydrogen-bond acceptors (Lipinski definition) is 3. The van der Waals surface area contributed by atoms with Crippen molar-refractivity contribution in [3.8, 4) is 0 Å². The molecule has 1 heterocycles. The largest absolute Gasteiger partial charge is 0.309 e. The lowest BCUT2D eigenvalue weighted by Gasteiger charge is -2.22. The lowest BCUT2D eigenvalue weighted by molar-refractivity contribution is 0.612. The van der Waals surface area contributed by atoms with Crippen LogP contribution < -0.4 is 5.32 Å². The monoisotopic (exact) mass is 257 g/mol. The highest BCUT2D eigenvalue weighted by Gasteiger charge is 2.17. The summed E-state index contributed by atoms with van der Waals surface area (Å²) in [7, 11) is 0. The maximum Gasteiger partial charge on any atom is 0.0506 e. The van der Waals surface area contributed by atoms with Gasteiger partial charge in [-0.1, -0.05) is 27.7 Å². The van der Waals surface area contributed by atoms with Gasteiger partial charge in [-0.15, -0.1) is 11.3 Å². The van der Waals surface area contributed by atoms with E-state index in [-0.39, 0.29) is 0 Å². The molecule has 1 aromatic heterocycles. The van der Waals surface area contributed by atoms with E-state index in [1.807, 2.05) is 23.1 Å². The standard InChI is InChI=1S/C13H23NS2/c1-6-14-11(9-15-13(3,4)5)12-8-7-10(2)16-12/h7-8,11,14H,6,9H2,1-5H3. The molecule has 0 radical (unpaired) electrons. The molecular formula is C13H23NS2. The molecule has 0 aliphatic heterocycles. The Balaban J connectivity index is 2.61. The van der Waals surface area contributed by atoms with Crippen LogP contribution in [0.15, 0.2) is 12.1 Å². The normalized spacial score (nSPS) is 14.1. The lowest BCUT2D eigenvalue weighted by atomic mass is 10.2. The lowest BCUT2D eigenvalue weighted by Crippen LogP contribution is -2.24. The zero-order chi connectivity index (χ0) is 12.2. The van der Waals surface area contributed by atoms with Crippen molar-refractivity contribution in [1.29, 1.82) is 0 Å². The maximum absolute atomic E-state index is 3.57. The molecule has 0 bridgehead atoms. The smallest absolute Gasteiger partial charge is 0.0506 e. The van der Waals surface area contributed by atoms with Crippen LogP contribution in [0.25, 0.3) is 0 Å². The number of hydrogen-bond donors (Lipinski definition) is 1. The highest BCUT2D eigenvalue weighted by atomic mass is 32.2. The van der Waals surface area contributed by atoms with Crippen molar-refractivity contribution in [2.45, 2.75) is 45.4 Å². The molecule has 1 aromatic rings. The molecule has 0 aliphatic rings. The highest BCUT2D eigenvalue weighted by molar-refractivity contribution is 8.00. The molecule has 0 amide bonds. The summed E-state index contributed by atoms with van der Waals surface area (Å²) in [6.45, 7) is 12.2. The molecule has 0 fully saturated rings. The van der Waals surface area contributed by atoms with Gasteiger partial charge in [0, 0.05) is 20.3 Å². The van der Waals surface area contributed by atoms with Gasteiger partial charge >= 0.3 is 0 Å². The average molecular weight is 257 g/mol. The summed E-state index contributed by atoms with van der Waals surface area (Å²) < 4.78 is 0.347. The first kappa shape index (κ1) is 14.1. The predicted octanol–water partition coefficient (Wildman–Crippen LogP) is 4.24. The van der Waals surface area contributed by atoms with Crippen molar-refractivity contribution < 1.29 is 0 Å². The fourth-order valence-electron chi connectivity index (χ4n) is 1.46. The van der Waals surface area contributed by atoms with Crippen molar-refractivity contribution >= 4 is 23.1 Å². The van der Waals surface area contributed by atoms with Gasteiger partial charge in [-0.3, -0.25) is 0 Å². The Hall–Kier alpha value is 0.01000. The van der Waals surface area contributed by atoms with Crippen LogP contribution in [0.5, 0.6) is 0 Å². The molecule has 16 heavy (non-hydrogen) atoms. The van der Waals surface area contributed by atoms with Gasteiger partial charge in [-0.25, -0.2) is 0 Å². The van der Waals surface area contributed by atoms with Gasteiger partial charge in [0.2, 0.25) is 0 Å². The fourth-order valence-corrected chi connectivity index (χ4v) is 3.48. The molecule has 1 nitrogen and oxygen atoms in total. The van der Waals surface area contributed by atoms with Gasteiger partial charge in [0.1, 0.15) is 0 Å². The Morgan fingerprint density at radius 2 is 2.06 bits per heavy atom. The van der Waals surface area contributed by atoms with E-state index in [0.29, 0.717) is 10.8 Å². The van der Waals surface area contributed by atoms with Gasteiger partial charge in [0.15, 0.2) is 0 Å². The van der Waals surface area contributed by atoms with Crippen LogP contribution in [0, 0.1) is 6.92 Å². The van der Waals surface area contributed by atoms with Gasteiger partial charge in [0.05, 0.1) is 6.04 Å². The topological polar surface area (TPSA) is 12.0 Å². The fraction of sp³-hybridized carbons (Fsp3) is 0.692. The summed E-state index contributed by atoms with van der Waals surface area (Å²) in [5.74, 6) is 1.15. The van der Waals surface area contributed by atoms with Gasteiger partial charge < -0.3 is 5.32 Å². The van der Waals surface area contributed by atoms with E-state index in [1.54, 1.807) is 0 Å². The first-order valence-electron chi connectivity index (χ1n) is 5.86. The summed E-state index contributed by atoms with van der Waals surface area (Å²) in [4.78, 5) is 2.87. The molecule has 1 rings (SSSR count). The molecule has 0 aromatic carbocycles. The van der Waals surface area contributed by atoms with E-state index >= 15 is 0 Å². The van der Waals surface area contributed by atoms with Crippen LogP contribution in [0.3, 0.4) is 0 Å². The van der Waals surface area contributed by atoms with Crippen molar-refractivity contribution in [1.82, 2.24) is 5.32 Å². The molecule has 0 saturated heterocycles. The average Bonchev–Trinajstić information content (AvgIpc) is 2.57. The number of rotatable bonds is 5. The van der Waals surface area contributed by atoms with Crippen LogP contribution >= 0.6 is 23.1 Å². The third kappa shape index (κ3) is 4.89. The summed E-state index contributed by atoms with van der Waals surface area (Å²) in [5, 5.41) is 3.57. The first-order chi connectivity index (χ1) is 7.42. The van der Waals surface area contributed by atoms with Gasteiger partial charge in [-0.2, -0.15) is 11.8 Å². The molecule has 92 valence electrons. The van der Waals surface area contributed by atoms with Crippen molar-refractivity contribution in [3.63, 3.8) is 0 Å². The minimum absolute atomic E-state index is 0.347. The van der Waals surface area contributed by atoms with E-state index < -0.39 is 0 Å². The van der Waals surface area contributed by atoms with Crippen LogP contribution in [-0.4, -0.2) is 17.0 Å². The molecule has 0 spiro atoms. The zero-order valence-corrected chi connectivity index (χ0v) is 12.6. The highest BCUT2D eigenvalue weighted by Crippen LogP contribution is 2.31. The minimum atomic E-state index is 0.347. The summed E-state index contributed by atoms with van der Waals surface area (Å²) in [6, 6.07) is 4.98. The van der Waals surface area contributed by atoms with Gasteiger partial charge in [0.25, 0.3) is 0 Å². The van der Waals surface area contributed by atoms with E-state index in [0.717, 1.165) is 12.3 Å². The number of thioether (sulfide) groups is 1. The number of nitrogens with one attached hydrogen (secondary N) is 1. The number of thiophene rings is 1. The second-order valence-electron chi connectivity index (χ2n) is 4.98. The summed E-state index contributed by atoms with van der Waals surface area (Å²) in [5.41, 5.74) is 0. The van der Waals surface area contributed by atoms with E-state index in [4.69, 9.17) is 0 Å². The van der Waals surface area contributed by atoms with E-state index in [2.05, 4.69) is 52.1 Å². The Morgan fingerprint density at radius 3 is 2.50 bits per heavy atom. The Labute approximate surface area is 108 Å². The minimum Gasteiger partial charge on any atom is -0.309 e. The molecular weight excluding hydrogens is 234 g/mol. The molecule has 0 saturated carbocycles. The Morgan fingerprint density at radius 1 is 1.38 bits per heavy atom. The van der Waals surface area contributed by atoms with E-state index in [9.17, 15) is 0 Å². The van der Waals surface area contributed by atoms with Crippen LogP contribution in [-0.2, 0) is 0 Å². The summed E-state index contributed by atoms with van der Waals surface area (Å²) >= 11 is 3.94. The molecule has 1 unspecified atom stereocenters. The molecule has 0 aliphatic carbocycles. The number of aryl methyl sites for hydroxylation is 1. The quantitative estimate of drug-likeness (QED) is 0.847. The predicted molar refractivity (Wildman–Crippen MR) is 77.7 cm³/mol. The van der Waals surface area contributed by atoms with Crippen LogP contribution in [0.1, 0.15) is 43.5 Å². The second-order valence-corrected chi connectivity index (χ2v) is 8.15. The Bertz CT molecular complexity index is 312. The summed E-state index contributed by atoms with van der Waals surface area (Å²) in [6.07, 6.45) is 0. The molecule has 1 atom stereocenters. The van der Waals surface area contributed by atoms with Crippen molar-refractivity contribution in [3.05, 3.63) is 21.9 Å². The van der Waals surface area contributed by atoms with E-state index in [1.165, 1.54) is 9.75 Å². The zero-order valence-electron chi connectivity index (χ0n) is 11.0. The second kappa shape index (κ2) is 6.08. The van der Waals surface area contributed by atoms with Crippen molar-refractivity contribution in [2.75, 3.05) is 12.3 Å². The first-order valence-corrected chi connectivity index (χ1v) is 7.66. The van der Waals surface area contributed by atoms with Crippen molar-refractivity contribution in [2.24, 2.45) is 0 Å².